The van der Waals surface area contributed by atoms with Gasteiger partial charge < -0.3 is 5.32 Å². The molecule has 0 fully saturated rings. The smallest absolute Gasteiger partial charge is 0.239 e. The molecule has 0 aliphatic heterocycles. The molecule has 2 atom stereocenters. The zero-order valence-electron chi connectivity index (χ0n) is 11.7. The molecule has 0 aliphatic rings. The number of nitrogens with one attached hydrogen (secondary N) is 1. The Hall–Kier alpha value is -1.13. The third kappa shape index (κ3) is 4.17. The summed E-state index contributed by atoms with van der Waals surface area (Å²) in [5.74, 6) is -0.0540. The molecule has 0 saturated carbocycles. The fraction of sp³-hybridized carbons (Fsp3) is 0.235. The Balaban J connectivity index is 2.09. The molecule has 0 bridgehead atoms. The first kappa shape index (κ1) is 16.2. The number of hydrogen-bond acceptors (Lipinski definition) is 1. The second kappa shape index (κ2) is 7.76. The highest BCUT2D eigenvalue weighted by molar-refractivity contribution is 9.12. The summed E-state index contributed by atoms with van der Waals surface area (Å²) in [5, 5.41) is 3.00. The monoisotopic (exact) mass is 409 g/mol. The van der Waals surface area contributed by atoms with E-state index in [9.17, 15) is 4.79 Å². The van der Waals surface area contributed by atoms with E-state index in [4.69, 9.17) is 0 Å². The lowest BCUT2D eigenvalue weighted by Crippen LogP contribution is -2.26. The average molecular weight is 411 g/mol. The average Bonchev–Trinajstić information content (AvgIpc) is 2.54. The van der Waals surface area contributed by atoms with Gasteiger partial charge in [-0.1, -0.05) is 87.3 Å². The van der Waals surface area contributed by atoms with Crippen molar-refractivity contribution in [1.82, 2.24) is 0 Å². The number of carbonyl (C=O) groups excluding carboxylic acids is 1. The van der Waals surface area contributed by atoms with Crippen molar-refractivity contribution in [3.8, 4) is 0 Å². The molecule has 110 valence electrons. The van der Waals surface area contributed by atoms with Gasteiger partial charge in [-0.25, -0.2) is 0 Å². The predicted molar refractivity (Wildman–Crippen MR) is 95.3 cm³/mol. The van der Waals surface area contributed by atoms with Crippen LogP contribution in [-0.2, 0) is 11.2 Å². The first-order valence-electron chi connectivity index (χ1n) is 6.85. The maximum atomic E-state index is 12.4. The molecular formula is C17H17Br2NO. The molecule has 1 amide bonds. The molecule has 2 aromatic carbocycles. The number of benzene rings is 2. The van der Waals surface area contributed by atoms with Gasteiger partial charge in [0.1, 0.15) is 4.83 Å². The minimum Gasteiger partial charge on any atom is -0.325 e. The zero-order chi connectivity index (χ0) is 15.2. The van der Waals surface area contributed by atoms with E-state index in [1.807, 2.05) is 54.6 Å². The minimum absolute atomic E-state index is 0.0540. The minimum atomic E-state index is -0.343. The molecule has 0 aliphatic carbocycles. The van der Waals surface area contributed by atoms with Gasteiger partial charge in [0.2, 0.25) is 5.91 Å². The number of carbonyl (C=O) groups is 1. The van der Waals surface area contributed by atoms with E-state index in [0.29, 0.717) is 0 Å². The standard InChI is InChI=1S/C17H17Br2NO/c1-2-12-8-6-7-11-14(12)20-17(21)16(19)15(18)13-9-4-3-5-10-13/h3-11,15-16H,2H2,1H3,(H,20,21)/t15-,16+/m0/s1. The number of anilines is 1. The van der Waals surface area contributed by atoms with Crippen molar-refractivity contribution in [2.24, 2.45) is 0 Å². The summed E-state index contributed by atoms with van der Waals surface area (Å²) < 4.78 is 0. The highest BCUT2D eigenvalue weighted by Gasteiger charge is 2.25. The van der Waals surface area contributed by atoms with Crippen molar-refractivity contribution in [1.29, 1.82) is 0 Å². The maximum Gasteiger partial charge on any atom is 0.239 e. The van der Waals surface area contributed by atoms with Gasteiger partial charge in [-0.2, -0.15) is 0 Å². The lowest BCUT2D eigenvalue weighted by Gasteiger charge is -2.18. The van der Waals surface area contributed by atoms with Crippen LogP contribution in [0.15, 0.2) is 54.6 Å². The lowest BCUT2D eigenvalue weighted by atomic mass is 10.1. The number of alkyl halides is 2. The van der Waals surface area contributed by atoms with Crippen LogP contribution in [0.4, 0.5) is 5.69 Å². The number of hydrogen-bond donors (Lipinski definition) is 1. The topological polar surface area (TPSA) is 29.1 Å². The number of halogens is 2. The van der Waals surface area contributed by atoms with E-state index in [1.165, 1.54) is 0 Å². The highest BCUT2D eigenvalue weighted by Crippen LogP contribution is 2.32. The molecule has 0 unspecified atom stereocenters. The summed E-state index contributed by atoms with van der Waals surface area (Å²) in [6.07, 6.45) is 0.889. The van der Waals surface area contributed by atoms with E-state index in [-0.39, 0.29) is 15.6 Å². The molecular weight excluding hydrogens is 394 g/mol. The van der Waals surface area contributed by atoms with Crippen LogP contribution in [-0.4, -0.2) is 10.7 Å². The van der Waals surface area contributed by atoms with E-state index < -0.39 is 0 Å². The Labute approximate surface area is 142 Å². The first-order chi connectivity index (χ1) is 10.1. The van der Waals surface area contributed by atoms with Gasteiger partial charge in [-0.05, 0) is 23.6 Å². The van der Waals surface area contributed by atoms with Crippen LogP contribution >= 0.6 is 31.9 Å². The first-order valence-corrected chi connectivity index (χ1v) is 8.68. The van der Waals surface area contributed by atoms with E-state index >= 15 is 0 Å². The molecule has 4 heteroatoms. The largest absolute Gasteiger partial charge is 0.325 e. The van der Waals surface area contributed by atoms with Crippen molar-refractivity contribution < 1.29 is 4.79 Å². The number of rotatable bonds is 5. The molecule has 0 saturated heterocycles. The zero-order valence-corrected chi connectivity index (χ0v) is 14.9. The molecule has 1 N–H and O–H groups in total. The van der Waals surface area contributed by atoms with E-state index in [1.54, 1.807) is 0 Å². The van der Waals surface area contributed by atoms with Crippen molar-refractivity contribution in [3.05, 3.63) is 65.7 Å². The Morgan fingerprint density at radius 2 is 1.67 bits per heavy atom. The molecule has 2 rings (SSSR count). The van der Waals surface area contributed by atoms with Gasteiger partial charge in [-0.15, -0.1) is 0 Å². The Morgan fingerprint density at radius 3 is 2.33 bits per heavy atom. The highest BCUT2D eigenvalue weighted by atomic mass is 79.9. The van der Waals surface area contributed by atoms with Gasteiger partial charge in [0, 0.05) is 5.69 Å². The van der Waals surface area contributed by atoms with Gasteiger partial charge in [0.25, 0.3) is 0 Å². The molecule has 0 radical (unpaired) electrons. The summed E-state index contributed by atoms with van der Waals surface area (Å²) >= 11 is 7.08. The Bertz CT molecular complexity index is 601. The lowest BCUT2D eigenvalue weighted by molar-refractivity contribution is -0.115. The Kier molecular flexibility index (Phi) is 6.00. The van der Waals surface area contributed by atoms with Crippen molar-refractivity contribution in [3.63, 3.8) is 0 Å². The van der Waals surface area contributed by atoms with Crippen LogP contribution < -0.4 is 5.32 Å². The van der Waals surface area contributed by atoms with Gasteiger partial charge >= 0.3 is 0 Å². The maximum absolute atomic E-state index is 12.4. The third-order valence-corrected chi connectivity index (χ3v) is 5.99. The number of para-hydroxylation sites is 1. The molecule has 2 nitrogen and oxygen atoms in total. The summed E-state index contributed by atoms with van der Waals surface area (Å²) in [6.45, 7) is 2.08. The van der Waals surface area contributed by atoms with Crippen LogP contribution in [0.5, 0.6) is 0 Å². The summed E-state index contributed by atoms with van der Waals surface area (Å²) in [6, 6.07) is 17.8. The molecule has 0 spiro atoms. The SMILES string of the molecule is CCc1ccccc1NC(=O)[C@H](Br)[C@@H](Br)c1ccccc1. The predicted octanol–water partition coefficient (Wildman–Crippen LogP) is 5.09. The Morgan fingerprint density at radius 1 is 1.05 bits per heavy atom. The second-order valence-electron chi connectivity index (χ2n) is 4.71. The number of amides is 1. The van der Waals surface area contributed by atoms with Gasteiger partial charge in [0.15, 0.2) is 0 Å². The third-order valence-electron chi connectivity index (χ3n) is 3.28. The molecule has 0 aromatic heterocycles. The molecule has 21 heavy (non-hydrogen) atoms. The van der Waals surface area contributed by atoms with Crippen LogP contribution in [0.25, 0.3) is 0 Å². The van der Waals surface area contributed by atoms with E-state index in [0.717, 1.165) is 23.2 Å². The van der Waals surface area contributed by atoms with Crippen molar-refractivity contribution in [2.45, 2.75) is 23.0 Å². The fourth-order valence-electron chi connectivity index (χ4n) is 2.09. The van der Waals surface area contributed by atoms with Crippen LogP contribution in [0.3, 0.4) is 0 Å². The summed E-state index contributed by atoms with van der Waals surface area (Å²) in [7, 11) is 0. The summed E-state index contributed by atoms with van der Waals surface area (Å²) in [4.78, 5) is 12.0. The van der Waals surface area contributed by atoms with Gasteiger partial charge in [0.05, 0.1) is 4.83 Å². The fourth-order valence-corrected chi connectivity index (χ4v) is 3.06. The second-order valence-corrected chi connectivity index (χ2v) is 6.69. The van der Waals surface area contributed by atoms with E-state index in [2.05, 4.69) is 44.1 Å². The number of aryl methyl sites for hydroxylation is 1. The summed E-state index contributed by atoms with van der Waals surface area (Å²) in [5.41, 5.74) is 3.08. The van der Waals surface area contributed by atoms with Crippen LogP contribution in [0, 0.1) is 0 Å². The molecule has 0 heterocycles. The quantitative estimate of drug-likeness (QED) is 0.683. The normalized spacial score (nSPS) is 13.5. The van der Waals surface area contributed by atoms with Crippen LogP contribution in [0.2, 0.25) is 0 Å². The van der Waals surface area contributed by atoms with Crippen molar-refractivity contribution >= 4 is 43.5 Å². The molecule has 2 aromatic rings. The van der Waals surface area contributed by atoms with Crippen LogP contribution in [0.1, 0.15) is 22.9 Å². The van der Waals surface area contributed by atoms with Gasteiger partial charge in [-0.3, -0.25) is 4.79 Å². The van der Waals surface area contributed by atoms with Crippen molar-refractivity contribution in [2.75, 3.05) is 5.32 Å².